The summed E-state index contributed by atoms with van der Waals surface area (Å²) in [7, 11) is 0. The predicted molar refractivity (Wildman–Crippen MR) is 218 cm³/mol. The number of alkyl halides is 3. The molecule has 0 aliphatic heterocycles. The van der Waals surface area contributed by atoms with E-state index >= 15 is 0 Å². The lowest BCUT2D eigenvalue weighted by atomic mass is 9.67. The zero-order chi connectivity index (χ0) is 37.9. The first-order chi connectivity index (χ1) is 27.4. The molecule has 9 aromatic rings. The summed E-state index contributed by atoms with van der Waals surface area (Å²) < 4.78 is 50.3. The Balaban J connectivity index is 1.16. The molecule has 56 heavy (non-hydrogen) atoms. The van der Waals surface area contributed by atoms with Gasteiger partial charge in [0, 0.05) is 33.4 Å². The Morgan fingerprint density at radius 3 is 1.71 bits per heavy atom. The highest BCUT2D eigenvalue weighted by atomic mass is 19.4. The van der Waals surface area contributed by atoms with Gasteiger partial charge in [-0.05, 0) is 93.5 Å². The number of ether oxygens (including phenoxy) is 1. The van der Waals surface area contributed by atoms with Crippen molar-refractivity contribution in [3.63, 3.8) is 0 Å². The summed E-state index contributed by atoms with van der Waals surface area (Å²) >= 11 is 0. The molecule has 0 unspecified atom stereocenters. The Labute approximate surface area is 321 Å². The highest BCUT2D eigenvalue weighted by Crippen LogP contribution is 2.57. The molecule has 3 nitrogen and oxygen atoms in total. The van der Waals surface area contributed by atoms with Crippen molar-refractivity contribution >= 4 is 39.0 Å². The number of rotatable bonds is 7. The number of benzene rings is 8. The van der Waals surface area contributed by atoms with Gasteiger partial charge in [-0.15, -0.1) is 13.2 Å². The topological polar surface area (TPSA) is 25.6 Å². The molecule has 1 aliphatic rings. The summed E-state index contributed by atoms with van der Waals surface area (Å²) in [5, 5.41) is 2.11. The fourth-order valence-corrected chi connectivity index (χ4v) is 8.58. The smallest absolute Gasteiger partial charge is 0.455 e. The van der Waals surface area contributed by atoms with Gasteiger partial charge >= 0.3 is 6.36 Å². The maximum Gasteiger partial charge on any atom is 0.573 e. The molecule has 6 heteroatoms. The molecular weight excluding hydrogens is 704 g/mol. The average Bonchev–Trinajstić information content (AvgIpc) is 3.76. The lowest BCUT2D eigenvalue weighted by Gasteiger charge is -2.35. The lowest BCUT2D eigenvalue weighted by Crippen LogP contribution is -2.28. The second-order valence-electron chi connectivity index (χ2n) is 14.0. The van der Waals surface area contributed by atoms with Crippen LogP contribution in [0.1, 0.15) is 22.3 Å². The fourth-order valence-electron chi connectivity index (χ4n) is 8.58. The fraction of sp³-hybridized carbons (Fsp3) is 0.0400. The van der Waals surface area contributed by atoms with Crippen molar-refractivity contribution in [3.05, 3.63) is 216 Å². The third kappa shape index (κ3) is 5.44. The van der Waals surface area contributed by atoms with Crippen molar-refractivity contribution in [3.8, 4) is 28.0 Å². The van der Waals surface area contributed by atoms with Gasteiger partial charge < -0.3 is 14.1 Å². The number of halogens is 3. The highest BCUT2D eigenvalue weighted by Gasteiger charge is 2.46. The molecule has 0 spiro atoms. The molecule has 0 radical (unpaired) electrons. The van der Waals surface area contributed by atoms with E-state index < -0.39 is 11.8 Å². The molecule has 0 amide bonds. The zero-order valence-corrected chi connectivity index (χ0v) is 29.9. The number of hydrogen-bond acceptors (Lipinski definition) is 3. The molecule has 10 rings (SSSR count). The Hall–Kier alpha value is -7.05. The number of nitrogens with zero attached hydrogens (tertiary/aromatic N) is 1. The van der Waals surface area contributed by atoms with Gasteiger partial charge in [0.05, 0.1) is 5.41 Å². The van der Waals surface area contributed by atoms with Gasteiger partial charge in [0.1, 0.15) is 16.9 Å². The second-order valence-corrected chi connectivity index (χ2v) is 14.0. The lowest BCUT2D eigenvalue weighted by molar-refractivity contribution is -0.274. The van der Waals surface area contributed by atoms with E-state index in [4.69, 9.17) is 4.42 Å². The van der Waals surface area contributed by atoms with Crippen molar-refractivity contribution in [1.82, 2.24) is 0 Å². The van der Waals surface area contributed by atoms with Crippen LogP contribution in [-0.4, -0.2) is 6.36 Å². The first-order valence-electron chi connectivity index (χ1n) is 18.4. The van der Waals surface area contributed by atoms with Crippen LogP contribution in [0.3, 0.4) is 0 Å². The summed E-state index contributed by atoms with van der Waals surface area (Å²) in [5.74, 6) is -0.285. The van der Waals surface area contributed by atoms with Crippen LogP contribution in [0.25, 0.3) is 44.2 Å². The Morgan fingerprint density at radius 1 is 0.464 bits per heavy atom. The first kappa shape index (κ1) is 33.5. The zero-order valence-electron chi connectivity index (χ0n) is 29.9. The van der Waals surface area contributed by atoms with E-state index in [-0.39, 0.29) is 5.75 Å². The minimum Gasteiger partial charge on any atom is -0.455 e. The maximum atomic E-state index is 13.2. The van der Waals surface area contributed by atoms with Crippen molar-refractivity contribution < 1.29 is 22.3 Å². The standard InChI is InChI=1S/C50H32F3NO2/c51-50(52,53)56-39-29-26-37(27-30-39)54(36-24-22-33(23-25-36)40-18-11-19-44-43-17-8-10-21-47(43)55-48(40)44)38-28-31-42-41-16-7-9-20-45(41)49(46(42)32-38,34-12-3-1-4-13-34)35-14-5-2-6-15-35/h1-32H. The monoisotopic (exact) mass is 735 g/mol. The molecule has 270 valence electrons. The van der Waals surface area contributed by atoms with Gasteiger partial charge in [0.25, 0.3) is 0 Å². The van der Waals surface area contributed by atoms with Crippen LogP contribution in [0.2, 0.25) is 0 Å². The summed E-state index contributed by atoms with van der Waals surface area (Å²) in [6.45, 7) is 0. The SMILES string of the molecule is FC(F)(F)Oc1ccc(N(c2ccc(-c3cccc4c3oc3ccccc34)cc2)c2ccc3c(c2)C(c2ccccc2)(c2ccccc2)c2ccccc2-3)cc1. The third-order valence-electron chi connectivity index (χ3n) is 10.9. The van der Waals surface area contributed by atoms with Crippen molar-refractivity contribution in [2.75, 3.05) is 4.90 Å². The average molecular weight is 736 g/mol. The molecular formula is C50H32F3NO2. The summed E-state index contributed by atoms with van der Waals surface area (Å²) in [5.41, 5.74) is 12.2. The van der Waals surface area contributed by atoms with Crippen molar-refractivity contribution in [1.29, 1.82) is 0 Å². The molecule has 0 N–H and O–H groups in total. The number of anilines is 3. The van der Waals surface area contributed by atoms with E-state index in [1.165, 1.54) is 17.7 Å². The normalized spacial score (nSPS) is 13.1. The quantitative estimate of drug-likeness (QED) is 0.163. The Kier molecular flexibility index (Phi) is 7.82. The van der Waals surface area contributed by atoms with E-state index in [9.17, 15) is 13.2 Å². The Bertz CT molecular complexity index is 2820. The van der Waals surface area contributed by atoms with Gasteiger partial charge in [0.15, 0.2) is 0 Å². The van der Waals surface area contributed by atoms with Gasteiger partial charge in [-0.25, -0.2) is 0 Å². The molecule has 0 fully saturated rings. The van der Waals surface area contributed by atoms with Gasteiger partial charge in [-0.2, -0.15) is 0 Å². The second kappa shape index (κ2) is 13.1. The van der Waals surface area contributed by atoms with Gasteiger partial charge in [-0.3, -0.25) is 0 Å². The largest absolute Gasteiger partial charge is 0.573 e. The van der Waals surface area contributed by atoms with Crippen LogP contribution >= 0.6 is 0 Å². The minimum atomic E-state index is -4.80. The van der Waals surface area contributed by atoms with Crippen LogP contribution in [0.5, 0.6) is 5.75 Å². The van der Waals surface area contributed by atoms with Crippen LogP contribution < -0.4 is 9.64 Å². The van der Waals surface area contributed by atoms with E-state index in [0.717, 1.165) is 72.3 Å². The molecule has 0 bridgehead atoms. The highest BCUT2D eigenvalue weighted by molar-refractivity contribution is 6.09. The number of furan rings is 1. The minimum absolute atomic E-state index is 0.285. The molecule has 0 saturated heterocycles. The van der Waals surface area contributed by atoms with Crippen molar-refractivity contribution in [2.24, 2.45) is 0 Å². The van der Waals surface area contributed by atoms with Crippen molar-refractivity contribution in [2.45, 2.75) is 11.8 Å². The van der Waals surface area contributed by atoms with E-state index in [0.29, 0.717) is 5.69 Å². The number of fused-ring (bicyclic) bond motifs is 6. The summed E-state index contributed by atoms with van der Waals surface area (Å²) in [6.07, 6.45) is -4.80. The first-order valence-corrected chi connectivity index (χ1v) is 18.4. The number of hydrogen-bond donors (Lipinski definition) is 0. The van der Waals surface area contributed by atoms with Crippen LogP contribution in [0, 0.1) is 0 Å². The molecule has 1 heterocycles. The predicted octanol–water partition coefficient (Wildman–Crippen LogP) is 14.0. The molecule has 0 saturated carbocycles. The van der Waals surface area contributed by atoms with E-state index in [2.05, 4.69) is 131 Å². The maximum absolute atomic E-state index is 13.2. The summed E-state index contributed by atoms with van der Waals surface area (Å²) in [6, 6.07) is 64.6. The summed E-state index contributed by atoms with van der Waals surface area (Å²) in [4.78, 5) is 2.08. The van der Waals surface area contributed by atoms with Crippen LogP contribution in [-0.2, 0) is 5.41 Å². The molecule has 8 aromatic carbocycles. The van der Waals surface area contributed by atoms with Gasteiger partial charge in [-0.1, -0.05) is 140 Å². The van der Waals surface area contributed by atoms with Crippen LogP contribution in [0.4, 0.5) is 30.2 Å². The molecule has 1 aliphatic carbocycles. The van der Waals surface area contributed by atoms with Gasteiger partial charge in [0.2, 0.25) is 0 Å². The number of para-hydroxylation sites is 2. The Morgan fingerprint density at radius 2 is 1.02 bits per heavy atom. The molecule has 1 aromatic heterocycles. The van der Waals surface area contributed by atoms with E-state index in [1.54, 1.807) is 12.1 Å². The van der Waals surface area contributed by atoms with Crippen LogP contribution in [0.15, 0.2) is 199 Å². The third-order valence-corrected chi connectivity index (χ3v) is 10.9. The molecule has 0 atom stereocenters. The van der Waals surface area contributed by atoms with E-state index in [1.807, 2.05) is 48.5 Å².